The molecule has 0 unspecified atom stereocenters. The van der Waals surface area contributed by atoms with Crippen molar-refractivity contribution in [3.63, 3.8) is 0 Å². The molecule has 0 radical (unpaired) electrons. The lowest BCUT2D eigenvalue weighted by Gasteiger charge is -2.43. The molecule has 174 valence electrons. The Hall–Kier alpha value is -2.48. The minimum Gasteiger partial charge on any atom is -0.365 e. The summed E-state index contributed by atoms with van der Waals surface area (Å²) in [5.41, 5.74) is 11.4. The standard InChI is InChI=1S/C31H40N2/c1-21-19-29(3,4)32(7)27-17-23(11-13-25(21)27)31(15-9-10-16-31)24-12-14-26-22(2)20-30(5,6)33(8)28(26)18-24/h11-14,17-20H,9-10,15-16H2,1-8H3. The van der Waals surface area contributed by atoms with E-state index in [-0.39, 0.29) is 16.5 Å². The van der Waals surface area contributed by atoms with E-state index in [1.54, 1.807) is 0 Å². The lowest BCUT2D eigenvalue weighted by Crippen LogP contribution is -2.42. The SMILES string of the molecule is CC1=CC(C)(C)N(C)c2cc(C3(c4ccc5c(c4)N(C)C(C)(C)C=C5C)CCCC3)ccc21. The maximum Gasteiger partial charge on any atom is 0.0531 e. The van der Waals surface area contributed by atoms with Gasteiger partial charge < -0.3 is 9.80 Å². The molecule has 2 aromatic carbocycles. The zero-order chi connectivity index (χ0) is 23.8. The minimum absolute atomic E-state index is 0.0303. The number of hydrogen-bond acceptors (Lipinski definition) is 2. The van der Waals surface area contributed by atoms with Crippen molar-refractivity contribution < 1.29 is 0 Å². The number of nitrogens with zero attached hydrogens (tertiary/aromatic N) is 2. The van der Waals surface area contributed by atoms with Crippen molar-refractivity contribution in [1.29, 1.82) is 0 Å². The Balaban J connectivity index is 1.66. The average Bonchev–Trinajstić information content (AvgIpc) is 3.26. The maximum absolute atomic E-state index is 2.51. The summed E-state index contributed by atoms with van der Waals surface area (Å²) < 4.78 is 0. The first-order chi connectivity index (χ1) is 15.5. The first kappa shape index (κ1) is 22.3. The van der Waals surface area contributed by atoms with E-state index in [4.69, 9.17) is 0 Å². The molecule has 0 N–H and O–H groups in total. The van der Waals surface area contributed by atoms with Crippen LogP contribution in [0.5, 0.6) is 0 Å². The van der Waals surface area contributed by atoms with Crippen LogP contribution in [0.1, 0.15) is 89.5 Å². The lowest BCUT2D eigenvalue weighted by molar-refractivity contribution is 0.532. The number of hydrogen-bond donors (Lipinski definition) is 0. The molecule has 2 aromatic rings. The van der Waals surface area contributed by atoms with Gasteiger partial charge >= 0.3 is 0 Å². The second-order valence-electron chi connectivity index (χ2n) is 11.8. The number of likely N-dealkylation sites (N-methyl/N-ethyl adjacent to an activating group) is 2. The molecule has 3 aliphatic rings. The van der Waals surface area contributed by atoms with Gasteiger partial charge in [-0.15, -0.1) is 0 Å². The van der Waals surface area contributed by atoms with Gasteiger partial charge in [-0.25, -0.2) is 0 Å². The van der Waals surface area contributed by atoms with Gasteiger partial charge in [0.2, 0.25) is 0 Å². The molecule has 0 saturated heterocycles. The number of anilines is 2. The fourth-order valence-corrected chi connectivity index (χ4v) is 6.63. The lowest BCUT2D eigenvalue weighted by atomic mass is 9.71. The molecule has 2 heterocycles. The van der Waals surface area contributed by atoms with Gasteiger partial charge in [0.1, 0.15) is 0 Å². The Labute approximate surface area is 201 Å². The van der Waals surface area contributed by atoms with E-state index in [9.17, 15) is 0 Å². The third kappa shape index (κ3) is 3.28. The van der Waals surface area contributed by atoms with Gasteiger partial charge in [0, 0.05) is 42.0 Å². The van der Waals surface area contributed by atoms with Crippen LogP contribution in [0.3, 0.4) is 0 Å². The van der Waals surface area contributed by atoms with Crippen molar-refractivity contribution >= 4 is 22.5 Å². The van der Waals surface area contributed by atoms with E-state index < -0.39 is 0 Å². The topological polar surface area (TPSA) is 6.48 Å². The molecule has 2 aliphatic heterocycles. The molecule has 0 spiro atoms. The molecule has 1 fully saturated rings. The Kier molecular flexibility index (Phi) is 4.91. The van der Waals surface area contributed by atoms with Crippen LogP contribution in [-0.2, 0) is 5.41 Å². The summed E-state index contributed by atoms with van der Waals surface area (Å²) >= 11 is 0. The fourth-order valence-electron chi connectivity index (χ4n) is 6.63. The van der Waals surface area contributed by atoms with Gasteiger partial charge in [0.05, 0.1) is 11.1 Å². The van der Waals surface area contributed by atoms with E-state index >= 15 is 0 Å². The van der Waals surface area contributed by atoms with E-state index in [0.717, 1.165) is 0 Å². The second-order valence-corrected chi connectivity index (χ2v) is 11.8. The molecule has 5 rings (SSSR count). The highest BCUT2D eigenvalue weighted by atomic mass is 15.2. The van der Waals surface area contributed by atoms with Crippen molar-refractivity contribution in [2.24, 2.45) is 0 Å². The zero-order valence-electron chi connectivity index (χ0n) is 21.8. The summed E-state index contributed by atoms with van der Waals surface area (Å²) in [6.07, 6.45) is 9.86. The molecule has 0 atom stereocenters. The van der Waals surface area contributed by atoms with Crippen LogP contribution in [0.4, 0.5) is 11.4 Å². The van der Waals surface area contributed by atoms with Crippen molar-refractivity contribution in [3.05, 3.63) is 70.8 Å². The first-order valence-electron chi connectivity index (χ1n) is 12.6. The molecule has 2 nitrogen and oxygen atoms in total. The molecule has 33 heavy (non-hydrogen) atoms. The summed E-state index contributed by atoms with van der Waals surface area (Å²) in [5, 5.41) is 0. The van der Waals surface area contributed by atoms with Gasteiger partial charge in [-0.1, -0.05) is 49.3 Å². The molecular formula is C31H40N2. The van der Waals surface area contributed by atoms with Crippen LogP contribution < -0.4 is 9.80 Å². The number of rotatable bonds is 2. The monoisotopic (exact) mass is 440 g/mol. The van der Waals surface area contributed by atoms with Gasteiger partial charge in [-0.3, -0.25) is 0 Å². The Morgan fingerprint density at radius 3 is 1.42 bits per heavy atom. The van der Waals surface area contributed by atoms with Crippen molar-refractivity contribution in [1.82, 2.24) is 0 Å². The third-order valence-corrected chi connectivity index (χ3v) is 9.00. The van der Waals surface area contributed by atoms with Crippen molar-refractivity contribution in [3.8, 4) is 0 Å². The van der Waals surface area contributed by atoms with Crippen LogP contribution >= 0.6 is 0 Å². The van der Waals surface area contributed by atoms with Crippen molar-refractivity contribution in [2.75, 3.05) is 23.9 Å². The Bertz CT molecular complexity index is 1080. The normalized spacial score (nSPS) is 22.4. The first-order valence-corrected chi connectivity index (χ1v) is 12.6. The highest BCUT2D eigenvalue weighted by Crippen LogP contribution is 2.51. The summed E-state index contributed by atoms with van der Waals surface area (Å²) in [5.74, 6) is 0. The predicted molar refractivity (Wildman–Crippen MR) is 144 cm³/mol. The van der Waals surface area contributed by atoms with E-state index in [1.807, 2.05) is 0 Å². The zero-order valence-corrected chi connectivity index (χ0v) is 21.8. The van der Waals surface area contributed by atoms with Crippen LogP contribution in [0.2, 0.25) is 0 Å². The van der Waals surface area contributed by atoms with E-state index in [0.29, 0.717) is 0 Å². The van der Waals surface area contributed by atoms with Gasteiger partial charge in [0.25, 0.3) is 0 Å². The molecular weight excluding hydrogens is 400 g/mol. The fraction of sp³-hybridized carbons (Fsp3) is 0.484. The van der Waals surface area contributed by atoms with E-state index in [2.05, 4.69) is 114 Å². The molecule has 1 saturated carbocycles. The molecule has 0 amide bonds. The maximum atomic E-state index is 2.51. The highest BCUT2D eigenvalue weighted by molar-refractivity contribution is 5.83. The van der Waals surface area contributed by atoms with Gasteiger partial charge in [-0.05, 0) is 88.8 Å². The average molecular weight is 441 g/mol. The van der Waals surface area contributed by atoms with Gasteiger partial charge in [-0.2, -0.15) is 0 Å². The van der Waals surface area contributed by atoms with Crippen LogP contribution in [0.25, 0.3) is 11.1 Å². The third-order valence-electron chi connectivity index (χ3n) is 9.00. The Morgan fingerprint density at radius 1 is 0.636 bits per heavy atom. The number of fused-ring (bicyclic) bond motifs is 2. The molecule has 0 aromatic heterocycles. The Morgan fingerprint density at radius 2 is 1.03 bits per heavy atom. The van der Waals surface area contributed by atoms with Crippen LogP contribution in [0.15, 0.2) is 48.6 Å². The summed E-state index contributed by atoms with van der Waals surface area (Å²) in [4.78, 5) is 4.91. The molecule has 2 heteroatoms. The number of benzene rings is 2. The number of allylic oxidation sites excluding steroid dienone is 2. The van der Waals surface area contributed by atoms with Crippen LogP contribution in [-0.4, -0.2) is 25.2 Å². The smallest absolute Gasteiger partial charge is 0.0531 e. The van der Waals surface area contributed by atoms with Gasteiger partial charge in [0.15, 0.2) is 0 Å². The highest BCUT2D eigenvalue weighted by Gasteiger charge is 2.40. The summed E-state index contributed by atoms with van der Waals surface area (Å²) in [7, 11) is 4.50. The predicted octanol–water partition coefficient (Wildman–Crippen LogP) is 7.81. The van der Waals surface area contributed by atoms with Crippen LogP contribution in [0, 0.1) is 0 Å². The second kappa shape index (κ2) is 7.26. The minimum atomic E-state index is 0.0303. The summed E-state index contributed by atoms with van der Waals surface area (Å²) in [6.45, 7) is 13.8. The summed E-state index contributed by atoms with van der Waals surface area (Å²) in [6, 6.07) is 14.6. The molecule has 1 aliphatic carbocycles. The largest absolute Gasteiger partial charge is 0.365 e. The quantitative estimate of drug-likeness (QED) is 0.470. The molecule has 0 bridgehead atoms. The van der Waals surface area contributed by atoms with E-state index in [1.165, 1.54) is 70.5 Å². The van der Waals surface area contributed by atoms with Crippen molar-refractivity contribution in [2.45, 2.75) is 83.7 Å².